The summed E-state index contributed by atoms with van der Waals surface area (Å²) in [7, 11) is 1.65. The minimum atomic E-state index is -1.04. The first-order valence-electron chi connectivity index (χ1n) is 12.6. The van der Waals surface area contributed by atoms with Crippen LogP contribution in [0.3, 0.4) is 0 Å². The number of ether oxygens (including phenoxy) is 4. The van der Waals surface area contributed by atoms with Crippen molar-refractivity contribution >= 4 is 12.2 Å². The number of rotatable bonds is 5. The summed E-state index contributed by atoms with van der Waals surface area (Å²) < 4.78 is 24.9. The van der Waals surface area contributed by atoms with Gasteiger partial charge in [0.2, 0.25) is 5.72 Å². The van der Waals surface area contributed by atoms with Crippen molar-refractivity contribution in [2.75, 3.05) is 13.7 Å². The average Bonchev–Trinajstić information content (AvgIpc) is 3.22. The van der Waals surface area contributed by atoms with Gasteiger partial charge in [-0.25, -0.2) is 4.79 Å². The fourth-order valence-electron chi connectivity index (χ4n) is 5.56. The lowest BCUT2D eigenvalue weighted by Crippen LogP contribution is -2.56. The Morgan fingerprint density at radius 3 is 2.63 bits per heavy atom. The van der Waals surface area contributed by atoms with Crippen LogP contribution in [0.5, 0.6) is 11.5 Å². The second-order valence-electron chi connectivity index (χ2n) is 10.6. The number of amides is 1. The molecule has 186 valence electrons. The van der Waals surface area contributed by atoms with Crippen molar-refractivity contribution < 1.29 is 23.7 Å². The van der Waals surface area contributed by atoms with Crippen molar-refractivity contribution in [1.29, 1.82) is 0 Å². The number of allylic oxidation sites excluding steroid dienone is 1. The minimum Gasteiger partial charge on any atom is -0.497 e. The number of unbranched alkanes of at least 4 members (excludes halogenated alkanes) is 1. The smallest absolute Gasteiger partial charge is 0.413 e. The quantitative estimate of drug-likeness (QED) is 0.474. The molecule has 3 aliphatic heterocycles. The van der Waals surface area contributed by atoms with E-state index in [0.29, 0.717) is 6.54 Å². The number of methoxy groups -OCH3 is 1. The van der Waals surface area contributed by atoms with Crippen LogP contribution < -0.4 is 9.47 Å². The lowest BCUT2D eigenvalue weighted by molar-refractivity contribution is -0.142. The molecule has 5 rings (SSSR count). The highest BCUT2D eigenvalue weighted by atomic mass is 16.6. The van der Waals surface area contributed by atoms with Crippen molar-refractivity contribution in [3.05, 3.63) is 64.9 Å². The minimum absolute atomic E-state index is 0.0950. The largest absolute Gasteiger partial charge is 0.497 e. The first-order chi connectivity index (χ1) is 16.8. The molecular formula is C29H35NO5. The third kappa shape index (κ3) is 4.03. The Labute approximate surface area is 207 Å². The number of benzene rings is 2. The molecule has 3 aliphatic rings. The topological polar surface area (TPSA) is 57.2 Å². The van der Waals surface area contributed by atoms with Crippen molar-refractivity contribution in [2.24, 2.45) is 5.92 Å². The van der Waals surface area contributed by atoms with Gasteiger partial charge >= 0.3 is 6.09 Å². The van der Waals surface area contributed by atoms with E-state index in [1.54, 1.807) is 12.0 Å². The lowest BCUT2D eigenvalue weighted by Gasteiger charge is -2.49. The Hall–Kier alpha value is -3.15. The van der Waals surface area contributed by atoms with Gasteiger partial charge in [-0.1, -0.05) is 25.5 Å². The first-order valence-corrected chi connectivity index (χ1v) is 12.6. The molecule has 2 aromatic carbocycles. The van der Waals surface area contributed by atoms with Gasteiger partial charge in [0.1, 0.15) is 23.2 Å². The molecule has 0 spiro atoms. The SMILES string of the molecule is CCCCC1=Cc2cccc3c2[C@@H](O1)[C@H]1CCN(C(=O)OC(C)(C)C)[C@@]1(c1ccc(OC)cc1)O3. The molecule has 6 nitrogen and oxygen atoms in total. The molecule has 0 aliphatic carbocycles. The number of nitrogens with zero attached hydrogens (tertiary/aromatic N) is 1. The molecule has 0 N–H and O–H groups in total. The maximum absolute atomic E-state index is 13.6. The Morgan fingerprint density at radius 2 is 1.94 bits per heavy atom. The number of likely N-dealkylation sites (tertiary alicyclic amines) is 1. The standard InChI is InChI=1S/C29H35NO5/c1-6-7-10-22-18-19-9-8-11-24-25(19)26(33-22)23-16-17-30(27(31)35-28(2,3)4)29(23,34-24)20-12-14-21(32-5)15-13-20/h8-9,11-15,18,23,26H,6-7,10,16-17H2,1-5H3/t23-,26+,29+/m1/s1. The Balaban J connectivity index is 1.64. The normalized spacial score (nSPS) is 24.5. The van der Waals surface area contributed by atoms with Gasteiger partial charge in [-0.3, -0.25) is 4.90 Å². The number of hydrogen-bond donors (Lipinski definition) is 0. The van der Waals surface area contributed by atoms with Crippen molar-refractivity contribution in [1.82, 2.24) is 4.90 Å². The van der Waals surface area contributed by atoms with E-state index in [1.807, 2.05) is 57.2 Å². The van der Waals surface area contributed by atoms with Crippen molar-refractivity contribution in [3.63, 3.8) is 0 Å². The molecule has 35 heavy (non-hydrogen) atoms. The van der Waals surface area contributed by atoms with Crippen LogP contribution in [0.25, 0.3) is 6.08 Å². The summed E-state index contributed by atoms with van der Waals surface area (Å²) in [4.78, 5) is 15.3. The summed E-state index contributed by atoms with van der Waals surface area (Å²) in [6.45, 7) is 8.36. The Bertz CT molecular complexity index is 1130. The van der Waals surface area contributed by atoms with E-state index in [0.717, 1.165) is 59.6 Å². The molecule has 1 saturated heterocycles. The van der Waals surface area contributed by atoms with Gasteiger partial charge in [0.25, 0.3) is 0 Å². The predicted molar refractivity (Wildman–Crippen MR) is 134 cm³/mol. The van der Waals surface area contributed by atoms with Crippen LogP contribution in [0.15, 0.2) is 48.2 Å². The maximum Gasteiger partial charge on any atom is 0.413 e. The van der Waals surface area contributed by atoms with Crippen LogP contribution in [0, 0.1) is 5.92 Å². The number of carbonyl (C=O) groups is 1. The second kappa shape index (κ2) is 8.81. The van der Waals surface area contributed by atoms with Gasteiger partial charge in [-0.05, 0) is 75.6 Å². The molecule has 0 saturated carbocycles. The number of fused-ring (bicyclic) bond motifs is 2. The van der Waals surface area contributed by atoms with Crippen LogP contribution in [0.2, 0.25) is 0 Å². The molecule has 0 bridgehead atoms. The van der Waals surface area contributed by atoms with E-state index >= 15 is 0 Å². The lowest BCUT2D eigenvalue weighted by atomic mass is 9.77. The van der Waals surface area contributed by atoms with Gasteiger partial charge < -0.3 is 18.9 Å². The molecule has 0 aromatic heterocycles. The molecule has 3 atom stereocenters. The van der Waals surface area contributed by atoms with Crippen LogP contribution in [0.4, 0.5) is 4.79 Å². The van der Waals surface area contributed by atoms with E-state index < -0.39 is 11.3 Å². The Kier molecular flexibility index (Phi) is 5.94. The number of hydrogen-bond acceptors (Lipinski definition) is 5. The van der Waals surface area contributed by atoms with E-state index in [-0.39, 0.29) is 18.1 Å². The average molecular weight is 478 g/mol. The molecule has 2 aromatic rings. The van der Waals surface area contributed by atoms with Gasteiger partial charge in [-0.2, -0.15) is 0 Å². The number of carbonyl (C=O) groups excluding carboxylic acids is 1. The van der Waals surface area contributed by atoms with E-state index in [1.165, 1.54) is 0 Å². The fraction of sp³-hybridized carbons (Fsp3) is 0.483. The Morgan fingerprint density at radius 1 is 1.17 bits per heavy atom. The van der Waals surface area contributed by atoms with E-state index in [9.17, 15) is 4.79 Å². The highest BCUT2D eigenvalue weighted by molar-refractivity contribution is 5.71. The molecule has 0 unspecified atom stereocenters. The molecule has 3 heterocycles. The maximum atomic E-state index is 13.6. The summed E-state index contributed by atoms with van der Waals surface area (Å²) in [5.41, 5.74) is 1.44. The molecule has 1 fully saturated rings. The summed E-state index contributed by atoms with van der Waals surface area (Å²) in [5.74, 6) is 2.41. The molecule has 1 amide bonds. The molecule has 0 radical (unpaired) electrons. The highest BCUT2D eigenvalue weighted by Crippen LogP contribution is 2.59. The zero-order valence-electron chi connectivity index (χ0n) is 21.3. The molecular weight excluding hydrogens is 442 g/mol. The van der Waals surface area contributed by atoms with Crippen LogP contribution in [-0.4, -0.2) is 30.2 Å². The molecule has 6 heteroatoms. The van der Waals surface area contributed by atoms with Crippen LogP contribution in [-0.2, 0) is 15.2 Å². The van der Waals surface area contributed by atoms with Crippen molar-refractivity contribution in [2.45, 2.75) is 70.8 Å². The summed E-state index contributed by atoms with van der Waals surface area (Å²) in [6.07, 6.45) is 5.37. The predicted octanol–water partition coefficient (Wildman–Crippen LogP) is 6.80. The van der Waals surface area contributed by atoms with Gasteiger partial charge in [0, 0.05) is 24.1 Å². The zero-order valence-corrected chi connectivity index (χ0v) is 21.3. The summed E-state index contributed by atoms with van der Waals surface area (Å²) in [5, 5.41) is 0. The first kappa shape index (κ1) is 23.6. The van der Waals surface area contributed by atoms with E-state index in [2.05, 4.69) is 19.1 Å². The summed E-state index contributed by atoms with van der Waals surface area (Å²) >= 11 is 0. The van der Waals surface area contributed by atoms with Crippen LogP contribution >= 0.6 is 0 Å². The monoisotopic (exact) mass is 477 g/mol. The van der Waals surface area contributed by atoms with Crippen molar-refractivity contribution in [3.8, 4) is 11.5 Å². The van der Waals surface area contributed by atoms with Gasteiger partial charge in [0.15, 0.2) is 0 Å². The summed E-state index contributed by atoms with van der Waals surface area (Å²) in [6, 6.07) is 13.9. The highest BCUT2D eigenvalue weighted by Gasteiger charge is 2.62. The zero-order chi connectivity index (χ0) is 24.8. The van der Waals surface area contributed by atoms with E-state index in [4.69, 9.17) is 18.9 Å². The van der Waals surface area contributed by atoms with Crippen LogP contribution in [0.1, 0.15) is 76.2 Å². The third-order valence-electron chi connectivity index (χ3n) is 7.07. The fourth-order valence-corrected chi connectivity index (χ4v) is 5.56. The van der Waals surface area contributed by atoms with Gasteiger partial charge in [0.05, 0.1) is 18.8 Å². The second-order valence-corrected chi connectivity index (χ2v) is 10.6. The third-order valence-corrected chi connectivity index (χ3v) is 7.07. The van der Waals surface area contributed by atoms with Gasteiger partial charge in [-0.15, -0.1) is 0 Å².